The number of hydrogen-bond donors (Lipinski definition) is 1. The van der Waals surface area contributed by atoms with Gasteiger partial charge in [0, 0.05) is 5.38 Å². The zero-order chi connectivity index (χ0) is 8.44. The summed E-state index contributed by atoms with van der Waals surface area (Å²) in [7, 11) is 0. The average Bonchev–Trinajstić information content (AvgIpc) is 2.76. The molecule has 1 aliphatic heterocycles. The summed E-state index contributed by atoms with van der Waals surface area (Å²) in [6, 6.07) is 2.15. The van der Waals surface area contributed by atoms with Crippen molar-refractivity contribution in [2.75, 3.05) is 6.54 Å². The lowest BCUT2D eigenvalue weighted by atomic mass is 9.91. The van der Waals surface area contributed by atoms with Crippen LogP contribution in [0.2, 0.25) is 0 Å². The Labute approximate surface area is 77.2 Å². The molecule has 12 heavy (non-hydrogen) atoms. The molecule has 1 fully saturated rings. The Morgan fingerprint density at radius 1 is 1.75 bits per heavy atom. The molecule has 0 aromatic carbocycles. The van der Waals surface area contributed by atoms with Crippen molar-refractivity contribution >= 4 is 11.5 Å². The normalized spacial score (nSPS) is 29.4. The Morgan fingerprint density at radius 2 is 2.67 bits per heavy atom. The maximum absolute atomic E-state index is 4.42. The number of aromatic nitrogens is 1. The molecule has 1 aliphatic rings. The summed E-state index contributed by atoms with van der Waals surface area (Å²) >= 11 is 1.55. The fourth-order valence-electron chi connectivity index (χ4n) is 1.97. The Morgan fingerprint density at radius 3 is 3.17 bits per heavy atom. The molecule has 1 unspecified atom stereocenters. The van der Waals surface area contributed by atoms with Gasteiger partial charge in [0.1, 0.15) is 0 Å². The van der Waals surface area contributed by atoms with Crippen LogP contribution in [0.15, 0.2) is 11.4 Å². The van der Waals surface area contributed by atoms with Gasteiger partial charge >= 0.3 is 0 Å². The number of nitrogens with one attached hydrogen (secondary N) is 1. The van der Waals surface area contributed by atoms with Crippen molar-refractivity contribution in [3.05, 3.63) is 17.1 Å². The molecule has 2 rings (SSSR count). The molecule has 2 heterocycles. The molecule has 3 heteroatoms. The van der Waals surface area contributed by atoms with E-state index < -0.39 is 0 Å². The minimum atomic E-state index is 0.208. The minimum Gasteiger partial charge on any atom is -0.306 e. The summed E-state index contributed by atoms with van der Waals surface area (Å²) in [5.74, 6) is 0. The summed E-state index contributed by atoms with van der Waals surface area (Å²) < 4.78 is 4.42. The third kappa shape index (κ3) is 1.17. The average molecular weight is 182 g/mol. The van der Waals surface area contributed by atoms with E-state index in [1.54, 1.807) is 11.5 Å². The summed E-state index contributed by atoms with van der Waals surface area (Å²) in [6.45, 7) is 3.38. The van der Waals surface area contributed by atoms with Crippen LogP contribution in [0.5, 0.6) is 0 Å². The van der Waals surface area contributed by atoms with E-state index in [1.165, 1.54) is 18.5 Å². The minimum absolute atomic E-state index is 0.208. The van der Waals surface area contributed by atoms with Gasteiger partial charge in [-0.3, -0.25) is 0 Å². The second kappa shape index (κ2) is 3.15. The van der Waals surface area contributed by atoms with E-state index in [2.05, 4.69) is 28.1 Å². The van der Waals surface area contributed by atoms with Crippen LogP contribution in [0.4, 0.5) is 0 Å². The van der Waals surface area contributed by atoms with Crippen molar-refractivity contribution < 1.29 is 0 Å². The van der Waals surface area contributed by atoms with Crippen LogP contribution < -0.4 is 5.32 Å². The molecule has 0 spiro atoms. The number of rotatable bonds is 2. The summed E-state index contributed by atoms with van der Waals surface area (Å²) in [4.78, 5) is 0. The monoisotopic (exact) mass is 182 g/mol. The molecule has 1 aromatic heterocycles. The zero-order valence-electron chi connectivity index (χ0n) is 7.34. The first-order chi connectivity index (χ1) is 5.87. The van der Waals surface area contributed by atoms with Crippen molar-refractivity contribution in [1.29, 1.82) is 0 Å². The molecule has 66 valence electrons. The van der Waals surface area contributed by atoms with Crippen LogP contribution in [0.3, 0.4) is 0 Å². The van der Waals surface area contributed by atoms with E-state index in [1.807, 2.05) is 0 Å². The number of nitrogens with zero attached hydrogens (tertiary/aromatic N) is 1. The predicted molar refractivity (Wildman–Crippen MR) is 51.3 cm³/mol. The highest BCUT2D eigenvalue weighted by Crippen LogP contribution is 2.33. The van der Waals surface area contributed by atoms with E-state index in [0.717, 1.165) is 13.0 Å². The first-order valence-corrected chi connectivity index (χ1v) is 5.37. The van der Waals surface area contributed by atoms with E-state index in [0.29, 0.717) is 0 Å². The Kier molecular flexibility index (Phi) is 2.15. The summed E-state index contributed by atoms with van der Waals surface area (Å²) in [5.41, 5.74) is 1.45. The molecule has 1 saturated heterocycles. The van der Waals surface area contributed by atoms with Crippen molar-refractivity contribution in [1.82, 2.24) is 9.69 Å². The fourth-order valence-corrected chi connectivity index (χ4v) is 2.57. The molecule has 0 bridgehead atoms. The van der Waals surface area contributed by atoms with Gasteiger partial charge in [-0.2, -0.15) is 4.37 Å². The molecule has 0 saturated carbocycles. The third-order valence-electron chi connectivity index (χ3n) is 2.78. The van der Waals surface area contributed by atoms with Gasteiger partial charge in [-0.1, -0.05) is 6.92 Å². The van der Waals surface area contributed by atoms with E-state index in [4.69, 9.17) is 0 Å². The van der Waals surface area contributed by atoms with E-state index in [-0.39, 0.29) is 5.54 Å². The Bertz CT molecular complexity index is 237. The lowest BCUT2D eigenvalue weighted by molar-refractivity contribution is 0.368. The van der Waals surface area contributed by atoms with Gasteiger partial charge in [-0.05, 0) is 43.4 Å². The van der Waals surface area contributed by atoms with Crippen molar-refractivity contribution in [3.8, 4) is 0 Å². The molecule has 1 atom stereocenters. The van der Waals surface area contributed by atoms with Crippen LogP contribution >= 0.6 is 11.5 Å². The van der Waals surface area contributed by atoms with Crippen LogP contribution in [0.1, 0.15) is 31.9 Å². The van der Waals surface area contributed by atoms with E-state index >= 15 is 0 Å². The van der Waals surface area contributed by atoms with Crippen molar-refractivity contribution in [2.45, 2.75) is 31.7 Å². The standard InChI is InChI=1S/C9H14N2S/c1-2-9(5-3-6-10-9)8-4-7-12-11-8/h4,7,10H,2-3,5-6H2,1H3. The van der Waals surface area contributed by atoms with Crippen LogP contribution in [-0.4, -0.2) is 10.9 Å². The van der Waals surface area contributed by atoms with Crippen LogP contribution in [0, 0.1) is 0 Å². The van der Waals surface area contributed by atoms with E-state index in [9.17, 15) is 0 Å². The molecule has 0 radical (unpaired) electrons. The second-order valence-electron chi connectivity index (χ2n) is 3.35. The summed E-state index contributed by atoms with van der Waals surface area (Å²) in [5, 5.41) is 5.63. The largest absolute Gasteiger partial charge is 0.306 e. The van der Waals surface area contributed by atoms with Crippen molar-refractivity contribution in [3.63, 3.8) is 0 Å². The third-order valence-corrected chi connectivity index (χ3v) is 3.34. The van der Waals surface area contributed by atoms with Gasteiger partial charge in [0.2, 0.25) is 0 Å². The van der Waals surface area contributed by atoms with Crippen LogP contribution in [-0.2, 0) is 5.54 Å². The topological polar surface area (TPSA) is 24.9 Å². The molecule has 1 N–H and O–H groups in total. The predicted octanol–water partition coefficient (Wildman–Crippen LogP) is 2.13. The van der Waals surface area contributed by atoms with Gasteiger partial charge in [-0.15, -0.1) is 0 Å². The van der Waals surface area contributed by atoms with Crippen molar-refractivity contribution in [2.24, 2.45) is 0 Å². The second-order valence-corrected chi connectivity index (χ2v) is 4.02. The highest BCUT2D eigenvalue weighted by Gasteiger charge is 2.34. The molecule has 1 aromatic rings. The Hall–Kier alpha value is -0.410. The van der Waals surface area contributed by atoms with Gasteiger partial charge in [0.25, 0.3) is 0 Å². The lowest BCUT2D eigenvalue weighted by Crippen LogP contribution is -2.36. The first-order valence-electron chi connectivity index (χ1n) is 4.53. The molecule has 0 amide bonds. The fraction of sp³-hybridized carbons (Fsp3) is 0.667. The van der Waals surface area contributed by atoms with Gasteiger partial charge < -0.3 is 5.32 Å². The van der Waals surface area contributed by atoms with Gasteiger partial charge in [0.15, 0.2) is 0 Å². The zero-order valence-corrected chi connectivity index (χ0v) is 8.16. The Balaban J connectivity index is 2.28. The molecule has 2 nitrogen and oxygen atoms in total. The smallest absolute Gasteiger partial charge is 0.0742 e. The maximum Gasteiger partial charge on any atom is 0.0742 e. The highest BCUT2D eigenvalue weighted by atomic mass is 32.1. The van der Waals surface area contributed by atoms with Gasteiger partial charge in [-0.25, -0.2) is 0 Å². The number of hydrogen-bond acceptors (Lipinski definition) is 3. The lowest BCUT2D eigenvalue weighted by Gasteiger charge is -2.25. The molecular formula is C9H14N2S. The maximum atomic E-state index is 4.42. The summed E-state index contributed by atoms with van der Waals surface area (Å²) in [6.07, 6.45) is 3.68. The van der Waals surface area contributed by atoms with Crippen LogP contribution in [0.25, 0.3) is 0 Å². The highest BCUT2D eigenvalue weighted by molar-refractivity contribution is 7.03. The SMILES string of the molecule is CCC1(c2ccsn2)CCCN1. The molecule has 0 aliphatic carbocycles. The first kappa shape index (κ1) is 8.20. The molecular weight excluding hydrogens is 168 g/mol. The van der Waals surface area contributed by atoms with Gasteiger partial charge in [0.05, 0.1) is 11.2 Å². The quantitative estimate of drug-likeness (QED) is 0.758.